The lowest BCUT2D eigenvalue weighted by Gasteiger charge is -2.16. The Labute approximate surface area is 174 Å². The predicted octanol–water partition coefficient (Wildman–Crippen LogP) is 5.98. The number of hydrogen-bond acceptors (Lipinski definition) is 2. The molecule has 0 spiro atoms. The number of halogens is 1. The van der Waals surface area contributed by atoms with Gasteiger partial charge < -0.3 is 14.4 Å². The van der Waals surface area contributed by atoms with E-state index in [0.29, 0.717) is 6.42 Å². The monoisotopic (exact) mass is 443 g/mol. The minimum atomic E-state index is -0.749. The van der Waals surface area contributed by atoms with Gasteiger partial charge >= 0.3 is 5.97 Å². The minimum Gasteiger partial charge on any atom is -0.497 e. The summed E-state index contributed by atoms with van der Waals surface area (Å²) in [4.78, 5) is 11.4. The highest BCUT2D eigenvalue weighted by Gasteiger charge is 2.23. The van der Waals surface area contributed by atoms with Gasteiger partial charge in [-0.1, -0.05) is 41.9 Å². The van der Waals surface area contributed by atoms with Crippen LogP contribution in [0.4, 0.5) is 0 Å². The number of benzene rings is 2. The zero-order valence-corrected chi connectivity index (χ0v) is 18.3. The summed E-state index contributed by atoms with van der Waals surface area (Å²) in [6.45, 7) is 6.78. The Hall–Kier alpha value is -2.27. The quantitative estimate of drug-likeness (QED) is 0.488. The molecule has 1 heterocycles. The topological polar surface area (TPSA) is 51.5 Å². The van der Waals surface area contributed by atoms with Crippen molar-refractivity contribution in [2.75, 3.05) is 7.11 Å². The van der Waals surface area contributed by atoms with Crippen LogP contribution >= 0.6 is 15.9 Å². The molecule has 0 fully saturated rings. The molecule has 3 rings (SSSR count). The molecule has 1 N–H and O–H groups in total. The number of carboxylic acid groups (broad SMARTS) is 1. The third-order valence-corrected chi connectivity index (χ3v) is 5.98. The van der Waals surface area contributed by atoms with Gasteiger partial charge in [-0.15, -0.1) is 0 Å². The van der Waals surface area contributed by atoms with E-state index in [9.17, 15) is 9.90 Å². The van der Waals surface area contributed by atoms with Gasteiger partial charge in [-0.25, -0.2) is 0 Å². The van der Waals surface area contributed by atoms with Gasteiger partial charge in [0.05, 0.1) is 13.0 Å². The third kappa shape index (κ3) is 4.09. The average Bonchev–Trinajstić information content (AvgIpc) is 2.94. The molecule has 0 amide bonds. The molecule has 3 aromatic rings. The number of carboxylic acids is 1. The number of ether oxygens (including phenoxy) is 1. The van der Waals surface area contributed by atoms with E-state index in [1.165, 1.54) is 16.8 Å². The Bertz CT molecular complexity index is 991. The van der Waals surface area contributed by atoms with Crippen LogP contribution < -0.4 is 4.74 Å². The van der Waals surface area contributed by atoms with Gasteiger partial charge in [0.15, 0.2) is 0 Å². The Morgan fingerprint density at radius 3 is 2.46 bits per heavy atom. The SMILES string of the molecule is COc1ccc2c(c1)c(C(C)CC(C)C(=O)O)c(C)n2Cc1ccc(Br)cc1. The first kappa shape index (κ1) is 20.5. The number of aromatic nitrogens is 1. The van der Waals surface area contributed by atoms with Gasteiger partial charge in [-0.2, -0.15) is 0 Å². The fourth-order valence-corrected chi connectivity index (χ4v) is 4.23. The van der Waals surface area contributed by atoms with E-state index in [4.69, 9.17) is 4.74 Å². The molecule has 28 heavy (non-hydrogen) atoms. The fraction of sp³-hybridized carbons (Fsp3) is 0.348. The van der Waals surface area contributed by atoms with Crippen molar-refractivity contribution in [2.45, 2.75) is 39.7 Å². The molecule has 0 aliphatic carbocycles. The molecule has 1 aromatic heterocycles. The van der Waals surface area contributed by atoms with Gasteiger partial charge in [-0.3, -0.25) is 4.79 Å². The Kier molecular flexibility index (Phi) is 6.14. The molecule has 2 atom stereocenters. The molecule has 0 aliphatic heterocycles. The van der Waals surface area contributed by atoms with E-state index < -0.39 is 5.97 Å². The number of aliphatic carboxylic acids is 1. The normalized spacial score (nSPS) is 13.5. The lowest BCUT2D eigenvalue weighted by Crippen LogP contribution is -2.13. The maximum absolute atomic E-state index is 11.4. The van der Waals surface area contributed by atoms with Crippen molar-refractivity contribution in [3.05, 3.63) is 63.8 Å². The van der Waals surface area contributed by atoms with E-state index >= 15 is 0 Å². The van der Waals surface area contributed by atoms with Gasteiger partial charge in [0.1, 0.15) is 5.75 Å². The van der Waals surface area contributed by atoms with Crippen LogP contribution in [0.3, 0.4) is 0 Å². The van der Waals surface area contributed by atoms with Crippen LogP contribution in [0.2, 0.25) is 0 Å². The first-order valence-electron chi connectivity index (χ1n) is 9.45. The number of nitrogens with zero attached hydrogens (tertiary/aromatic N) is 1. The van der Waals surface area contributed by atoms with Crippen molar-refractivity contribution in [3.63, 3.8) is 0 Å². The molecule has 0 bridgehead atoms. The summed E-state index contributed by atoms with van der Waals surface area (Å²) in [7, 11) is 1.67. The Balaban J connectivity index is 2.09. The largest absolute Gasteiger partial charge is 0.497 e. The molecule has 0 saturated carbocycles. The maximum Gasteiger partial charge on any atom is 0.306 e. The highest BCUT2D eigenvalue weighted by Crippen LogP contribution is 2.37. The van der Waals surface area contributed by atoms with Gasteiger partial charge in [0.2, 0.25) is 0 Å². The second-order valence-electron chi connectivity index (χ2n) is 7.47. The van der Waals surface area contributed by atoms with Crippen LogP contribution in [0.5, 0.6) is 5.75 Å². The van der Waals surface area contributed by atoms with E-state index in [-0.39, 0.29) is 11.8 Å². The molecular formula is C23H26BrNO3. The number of hydrogen-bond donors (Lipinski definition) is 1. The van der Waals surface area contributed by atoms with Crippen LogP contribution in [-0.4, -0.2) is 22.8 Å². The van der Waals surface area contributed by atoms with Crippen molar-refractivity contribution in [1.29, 1.82) is 0 Å². The highest BCUT2D eigenvalue weighted by atomic mass is 79.9. The van der Waals surface area contributed by atoms with Crippen molar-refractivity contribution in [2.24, 2.45) is 5.92 Å². The van der Waals surface area contributed by atoms with Crippen LogP contribution in [0.15, 0.2) is 46.9 Å². The standard InChI is InChI=1S/C23H26BrNO3/c1-14(11-15(2)23(26)27)22-16(3)25(13-17-5-7-18(24)8-6-17)21-10-9-19(28-4)12-20(21)22/h5-10,12,14-15H,11,13H2,1-4H3,(H,26,27). The summed E-state index contributed by atoms with van der Waals surface area (Å²) in [5.41, 5.74) is 4.75. The first-order chi connectivity index (χ1) is 13.3. The van der Waals surface area contributed by atoms with Crippen molar-refractivity contribution in [1.82, 2.24) is 4.57 Å². The maximum atomic E-state index is 11.4. The molecule has 0 radical (unpaired) electrons. The number of carbonyl (C=O) groups is 1. The zero-order chi connectivity index (χ0) is 20.4. The van der Waals surface area contributed by atoms with E-state index in [0.717, 1.165) is 27.7 Å². The van der Waals surface area contributed by atoms with Crippen molar-refractivity contribution >= 4 is 32.8 Å². The summed E-state index contributed by atoms with van der Waals surface area (Å²) in [6.07, 6.45) is 0.602. The van der Waals surface area contributed by atoms with Crippen LogP contribution in [0.1, 0.15) is 43.0 Å². The lowest BCUT2D eigenvalue weighted by molar-refractivity contribution is -0.141. The van der Waals surface area contributed by atoms with Gasteiger partial charge in [-0.05, 0) is 60.7 Å². The molecule has 0 aliphatic rings. The smallest absolute Gasteiger partial charge is 0.306 e. The summed E-state index contributed by atoms with van der Waals surface area (Å²) in [6, 6.07) is 14.5. The molecule has 5 heteroatoms. The van der Waals surface area contributed by atoms with Gasteiger partial charge in [0, 0.05) is 27.6 Å². The van der Waals surface area contributed by atoms with Crippen LogP contribution in [-0.2, 0) is 11.3 Å². The fourth-order valence-electron chi connectivity index (χ4n) is 3.96. The molecule has 0 saturated heterocycles. The summed E-state index contributed by atoms with van der Waals surface area (Å²) in [5, 5.41) is 10.5. The molecule has 2 aromatic carbocycles. The predicted molar refractivity (Wildman–Crippen MR) is 116 cm³/mol. The second kappa shape index (κ2) is 8.39. The summed E-state index contributed by atoms with van der Waals surface area (Å²) in [5.74, 6) is -0.189. The first-order valence-corrected chi connectivity index (χ1v) is 10.2. The van der Waals surface area contributed by atoms with E-state index in [1.54, 1.807) is 14.0 Å². The number of fused-ring (bicyclic) bond motifs is 1. The summed E-state index contributed by atoms with van der Waals surface area (Å²) < 4.78 is 8.83. The van der Waals surface area contributed by atoms with Crippen LogP contribution in [0, 0.1) is 12.8 Å². The third-order valence-electron chi connectivity index (χ3n) is 5.45. The highest BCUT2D eigenvalue weighted by molar-refractivity contribution is 9.10. The summed E-state index contributed by atoms with van der Waals surface area (Å²) >= 11 is 3.49. The lowest BCUT2D eigenvalue weighted by atomic mass is 9.89. The minimum absolute atomic E-state index is 0.131. The molecular weight excluding hydrogens is 418 g/mol. The number of rotatable bonds is 7. The Morgan fingerprint density at radius 2 is 1.86 bits per heavy atom. The number of methoxy groups -OCH3 is 1. The van der Waals surface area contributed by atoms with E-state index in [2.05, 4.69) is 70.7 Å². The zero-order valence-electron chi connectivity index (χ0n) is 16.7. The van der Waals surface area contributed by atoms with E-state index in [1.807, 2.05) is 6.07 Å². The Morgan fingerprint density at radius 1 is 1.18 bits per heavy atom. The second-order valence-corrected chi connectivity index (χ2v) is 8.39. The molecule has 148 valence electrons. The van der Waals surface area contributed by atoms with Crippen molar-refractivity contribution < 1.29 is 14.6 Å². The van der Waals surface area contributed by atoms with Gasteiger partial charge in [0.25, 0.3) is 0 Å². The van der Waals surface area contributed by atoms with Crippen molar-refractivity contribution in [3.8, 4) is 5.75 Å². The average molecular weight is 444 g/mol. The molecule has 4 nitrogen and oxygen atoms in total. The van der Waals surface area contributed by atoms with Crippen LogP contribution in [0.25, 0.3) is 10.9 Å². The molecule has 2 unspecified atom stereocenters.